The van der Waals surface area contributed by atoms with Crippen molar-refractivity contribution in [2.24, 2.45) is 0 Å². The summed E-state index contributed by atoms with van der Waals surface area (Å²) >= 11 is 6.72. The van der Waals surface area contributed by atoms with Gasteiger partial charge in [-0.15, -0.1) is 0 Å². The van der Waals surface area contributed by atoms with Gasteiger partial charge in [0.1, 0.15) is 6.10 Å². The van der Waals surface area contributed by atoms with Crippen molar-refractivity contribution >= 4 is 11.6 Å². The Balaban J connectivity index is 1.90. The van der Waals surface area contributed by atoms with Crippen molar-refractivity contribution in [1.82, 2.24) is 4.98 Å². The van der Waals surface area contributed by atoms with E-state index in [1.54, 1.807) is 12.3 Å². The first-order valence-corrected chi connectivity index (χ1v) is 8.48. The predicted molar refractivity (Wildman–Crippen MR) is 97.3 cm³/mol. The summed E-state index contributed by atoms with van der Waals surface area (Å²) in [6.45, 7) is 0. The quantitative estimate of drug-likeness (QED) is 0.708. The standard InChI is InChI=1S/C21H15ClN2O/c22-20-17-9-14-7-4-8-15(11-23)16(14)10-19(25)21(17)24-12-18(20)13-5-2-1-3-6-13/h1-8,12,19,25H,9-10H2. The highest BCUT2D eigenvalue weighted by molar-refractivity contribution is 6.34. The van der Waals surface area contributed by atoms with Crippen LogP contribution in [0.5, 0.6) is 0 Å². The van der Waals surface area contributed by atoms with Crippen LogP contribution in [0, 0.1) is 11.3 Å². The van der Waals surface area contributed by atoms with E-state index in [2.05, 4.69) is 11.1 Å². The molecule has 0 amide bonds. The molecule has 1 atom stereocenters. The average Bonchev–Trinajstić information content (AvgIpc) is 2.79. The van der Waals surface area contributed by atoms with Gasteiger partial charge in [-0.2, -0.15) is 5.26 Å². The highest BCUT2D eigenvalue weighted by atomic mass is 35.5. The molecule has 1 unspecified atom stereocenters. The number of benzene rings is 2. The Labute approximate surface area is 151 Å². The molecule has 0 saturated carbocycles. The molecule has 4 heteroatoms. The van der Waals surface area contributed by atoms with E-state index in [1.165, 1.54) is 0 Å². The summed E-state index contributed by atoms with van der Waals surface area (Å²) in [7, 11) is 0. The molecule has 4 rings (SSSR count). The topological polar surface area (TPSA) is 56.9 Å². The Bertz CT molecular complexity index is 993. The molecular formula is C21H15ClN2O. The summed E-state index contributed by atoms with van der Waals surface area (Å²) in [5, 5.41) is 20.6. The molecule has 122 valence electrons. The van der Waals surface area contributed by atoms with Gasteiger partial charge in [0.2, 0.25) is 0 Å². The van der Waals surface area contributed by atoms with Gasteiger partial charge >= 0.3 is 0 Å². The van der Waals surface area contributed by atoms with Crippen molar-refractivity contribution in [2.45, 2.75) is 18.9 Å². The highest BCUT2D eigenvalue weighted by Crippen LogP contribution is 2.38. The maximum absolute atomic E-state index is 10.7. The third-order valence-corrected chi connectivity index (χ3v) is 5.13. The fourth-order valence-electron chi connectivity index (χ4n) is 3.44. The first kappa shape index (κ1) is 15.8. The number of aliphatic hydroxyl groups is 1. The van der Waals surface area contributed by atoms with E-state index in [9.17, 15) is 10.4 Å². The molecule has 1 aliphatic carbocycles. The van der Waals surface area contributed by atoms with E-state index < -0.39 is 6.10 Å². The summed E-state index contributed by atoms with van der Waals surface area (Å²) < 4.78 is 0. The van der Waals surface area contributed by atoms with Crippen LogP contribution < -0.4 is 0 Å². The van der Waals surface area contributed by atoms with Crippen LogP contribution in [-0.4, -0.2) is 10.1 Å². The number of nitriles is 1. The minimum Gasteiger partial charge on any atom is -0.386 e. The second-order valence-corrected chi connectivity index (χ2v) is 6.55. The summed E-state index contributed by atoms with van der Waals surface area (Å²) in [6, 6.07) is 17.7. The first-order chi connectivity index (χ1) is 12.2. The third kappa shape index (κ3) is 2.70. The van der Waals surface area contributed by atoms with Crippen LogP contribution in [0.1, 0.15) is 34.1 Å². The third-order valence-electron chi connectivity index (χ3n) is 4.70. The molecule has 3 nitrogen and oxygen atoms in total. The lowest BCUT2D eigenvalue weighted by Gasteiger charge is -2.15. The summed E-state index contributed by atoms with van der Waals surface area (Å²) in [6.07, 6.45) is 1.89. The first-order valence-electron chi connectivity index (χ1n) is 8.10. The Morgan fingerprint density at radius 2 is 1.88 bits per heavy atom. The fraction of sp³-hybridized carbons (Fsp3) is 0.143. The molecule has 1 heterocycles. The molecule has 0 spiro atoms. The van der Waals surface area contributed by atoms with Gasteiger partial charge in [0, 0.05) is 24.6 Å². The second-order valence-electron chi connectivity index (χ2n) is 6.17. The Morgan fingerprint density at radius 1 is 1.08 bits per heavy atom. The zero-order chi connectivity index (χ0) is 17.4. The number of hydrogen-bond acceptors (Lipinski definition) is 3. The van der Waals surface area contributed by atoms with Gasteiger partial charge in [-0.25, -0.2) is 0 Å². The maximum Gasteiger partial charge on any atom is 0.100 e. The van der Waals surface area contributed by atoms with Gasteiger partial charge in [0.25, 0.3) is 0 Å². The van der Waals surface area contributed by atoms with Crippen molar-refractivity contribution < 1.29 is 5.11 Å². The highest BCUT2D eigenvalue weighted by Gasteiger charge is 2.26. The van der Waals surface area contributed by atoms with Crippen LogP contribution in [0.4, 0.5) is 0 Å². The number of aliphatic hydroxyl groups excluding tert-OH is 1. The van der Waals surface area contributed by atoms with Crippen LogP contribution in [0.25, 0.3) is 11.1 Å². The molecule has 1 N–H and O–H groups in total. The molecular weight excluding hydrogens is 332 g/mol. The minimum atomic E-state index is -0.770. The average molecular weight is 347 g/mol. The number of hydrogen-bond donors (Lipinski definition) is 1. The molecule has 25 heavy (non-hydrogen) atoms. The lowest BCUT2D eigenvalue weighted by Crippen LogP contribution is -2.06. The lowest BCUT2D eigenvalue weighted by atomic mass is 9.96. The van der Waals surface area contributed by atoms with E-state index in [-0.39, 0.29) is 0 Å². The van der Waals surface area contributed by atoms with Crippen molar-refractivity contribution in [3.63, 3.8) is 0 Å². The van der Waals surface area contributed by atoms with Gasteiger partial charge in [0.15, 0.2) is 0 Å². The van der Waals surface area contributed by atoms with Crippen LogP contribution in [0.2, 0.25) is 5.02 Å². The van der Waals surface area contributed by atoms with Gasteiger partial charge in [-0.05, 0) is 28.3 Å². The number of aromatic nitrogens is 1. The van der Waals surface area contributed by atoms with Crippen molar-refractivity contribution in [3.8, 4) is 17.2 Å². The minimum absolute atomic E-state index is 0.375. The van der Waals surface area contributed by atoms with E-state index in [0.29, 0.717) is 29.1 Å². The van der Waals surface area contributed by atoms with Crippen LogP contribution >= 0.6 is 11.6 Å². The van der Waals surface area contributed by atoms with Gasteiger partial charge in [0.05, 0.1) is 22.3 Å². The molecule has 0 saturated heterocycles. The van der Waals surface area contributed by atoms with Gasteiger partial charge < -0.3 is 5.11 Å². The Morgan fingerprint density at radius 3 is 2.64 bits per heavy atom. The molecule has 0 fully saturated rings. The number of halogens is 1. The van der Waals surface area contributed by atoms with Gasteiger partial charge in [-0.3, -0.25) is 4.98 Å². The second kappa shape index (κ2) is 6.33. The van der Waals surface area contributed by atoms with Crippen LogP contribution in [0.15, 0.2) is 54.7 Å². The van der Waals surface area contributed by atoms with E-state index in [4.69, 9.17) is 11.6 Å². The zero-order valence-corrected chi connectivity index (χ0v) is 14.2. The van der Waals surface area contributed by atoms with E-state index in [0.717, 1.165) is 27.8 Å². The van der Waals surface area contributed by atoms with Gasteiger partial charge in [-0.1, -0.05) is 54.1 Å². The van der Waals surface area contributed by atoms with Crippen molar-refractivity contribution in [1.29, 1.82) is 5.26 Å². The zero-order valence-electron chi connectivity index (χ0n) is 13.4. The smallest absolute Gasteiger partial charge is 0.100 e. The molecule has 0 aliphatic heterocycles. The van der Waals surface area contributed by atoms with E-state index in [1.807, 2.05) is 42.5 Å². The van der Waals surface area contributed by atoms with Crippen LogP contribution in [-0.2, 0) is 12.8 Å². The molecule has 1 aromatic heterocycles. The molecule has 3 aromatic rings. The summed E-state index contributed by atoms with van der Waals surface area (Å²) in [5.41, 5.74) is 5.79. The normalized spacial score (nSPS) is 15.6. The number of pyridine rings is 1. The predicted octanol–water partition coefficient (Wildman–Crippen LogP) is 4.45. The lowest BCUT2D eigenvalue weighted by molar-refractivity contribution is 0.173. The van der Waals surface area contributed by atoms with E-state index >= 15 is 0 Å². The Kier molecular flexibility index (Phi) is 4.01. The molecule has 1 aliphatic rings. The molecule has 2 aromatic carbocycles. The largest absolute Gasteiger partial charge is 0.386 e. The van der Waals surface area contributed by atoms with Crippen molar-refractivity contribution in [3.05, 3.63) is 87.7 Å². The summed E-state index contributed by atoms with van der Waals surface area (Å²) in [4.78, 5) is 4.52. The Hall–Kier alpha value is -2.67. The number of fused-ring (bicyclic) bond motifs is 2. The molecule has 0 radical (unpaired) electrons. The summed E-state index contributed by atoms with van der Waals surface area (Å²) in [5.74, 6) is 0. The van der Waals surface area contributed by atoms with Crippen LogP contribution in [0.3, 0.4) is 0 Å². The van der Waals surface area contributed by atoms with Crippen molar-refractivity contribution in [2.75, 3.05) is 0 Å². The monoisotopic (exact) mass is 346 g/mol. The number of rotatable bonds is 1. The SMILES string of the molecule is N#Cc1cccc2c1CC(O)c1ncc(-c3ccccc3)c(Cl)c1C2. The fourth-order valence-corrected chi connectivity index (χ4v) is 3.77. The molecule has 0 bridgehead atoms. The number of nitrogens with zero attached hydrogens (tertiary/aromatic N) is 2. The maximum atomic E-state index is 10.7.